The third-order valence-electron chi connectivity index (χ3n) is 3.00. The molecule has 90 valence electrons. The van der Waals surface area contributed by atoms with Gasteiger partial charge < -0.3 is 0 Å². The van der Waals surface area contributed by atoms with Gasteiger partial charge in [0.15, 0.2) is 9.84 Å². The van der Waals surface area contributed by atoms with Crippen LogP contribution < -0.4 is 11.3 Å². The average Bonchev–Trinajstić information content (AvgIpc) is 2.75. The third-order valence-corrected chi connectivity index (χ3v) is 4.80. The molecular formula is C9H16N4O2S. The lowest BCUT2D eigenvalue weighted by Crippen LogP contribution is -2.34. The number of hydrogen-bond donors (Lipinski definition) is 2. The maximum Gasteiger partial charge on any atom is 0.150 e. The van der Waals surface area contributed by atoms with E-state index in [0.717, 1.165) is 5.56 Å². The molecule has 2 unspecified atom stereocenters. The molecule has 0 saturated carbocycles. The Morgan fingerprint density at radius 2 is 2.44 bits per heavy atom. The van der Waals surface area contributed by atoms with Gasteiger partial charge in [0.1, 0.15) is 0 Å². The van der Waals surface area contributed by atoms with Crippen molar-refractivity contribution in [3.05, 3.63) is 18.0 Å². The smallest absolute Gasteiger partial charge is 0.150 e. The van der Waals surface area contributed by atoms with Crippen molar-refractivity contribution in [3.63, 3.8) is 0 Å². The number of nitrogens with two attached hydrogens (primary N) is 1. The average molecular weight is 244 g/mol. The van der Waals surface area contributed by atoms with Gasteiger partial charge in [-0.15, -0.1) is 0 Å². The normalized spacial score (nSPS) is 25.8. The maximum absolute atomic E-state index is 11.4. The zero-order valence-corrected chi connectivity index (χ0v) is 9.94. The SMILES string of the molecule is Cn1cc(C(NN)C2CCS(=O)(=O)C2)cn1. The number of aromatic nitrogens is 2. The van der Waals surface area contributed by atoms with E-state index >= 15 is 0 Å². The maximum atomic E-state index is 11.4. The van der Waals surface area contributed by atoms with E-state index in [1.165, 1.54) is 0 Å². The molecule has 1 aliphatic rings. The highest BCUT2D eigenvalue weighted by Gasteiger charge is 2.34. The summed E-state index contributed by atoms with van der Waals surface area (Å²) < 4.78 is 24.5. The standard InChI is InChI=1S/C9H16N4O2S/c1-13-5-8(4-11-13)9(12-10)7-2-3-16(14,15)6-7/h4-5,7,9,12H,2-3,6,10H2,1H3. The summed E-state index contributed by atoms with van der Waals surface area (Å²) >= 11 is 0. The molecule has 2 rings (SSSR count). The molecule has 6 nitrogen and oxygen atoms in total. The molecule has 0 spiro atoms. The fourth-order valence-electron chi connectivity index (χ4n) is 2.19. The Balaban J connectivity index is 2.18. The zero-order chi connectivity index (χ0) is 11.8. The Labute approximate surface area is 94.7 Å². The molecule has 1 fully saturated rings. The Morgan fingerprint density at radius 3 is 2.88 bits per heavy atom. The van der Waals surface area contributed by atoms with Crippen LogP contribution in [0.2, 0.25) is 0 Å². The number of sulfone groups is 1. The Hall–Kier alpha value is -0.920. The zero-order valence-electron chi connectivity index (χ0n) is 9.13. The van der Waals surface area contributed by atoms with Crippen LogP contribution in [-0.4, -0.2) is 29.7 Å². The topological polar surface area (TPSA) is 90.0 Å². The van der Waals surface area contributed by atoms with Gasteiger partial charge in [0, 0.05) is 18.8 Å². The Kier molecular flexibility index (Phi) is 3.00. The van der Waals surface area contributed by atoms with E-state index in [1.807, 2.05) is 13.2 Å². The highest BCUT2D eigenvalue weighted by atomic mass is 32.2. The van der Waals surface area contributed by atoms with E-state index in [4.69, 9.17) is 5.84 Å². The van der Waals surface area contributed by atoms with Crippen LogP contribution in [0, 0.1) is 5.92 Å². The molecule has 2 heterocycles. The molecule has 0 aromatic carbocycles. The van der Waals surface area contributed by atoms with Gasteiger partial charge >= 0.3 is 0 Å². The van der Waals surface area contributed by atoms with Crippen LogP contribution >= 0.6 is 0 Å². The largest absolute Gasteiger partial charge is 0.275 e. The molecule has 16 heavy (non-hydrogen) atoms. The van der Waals surface area contributed by atoms with Crippen molar-refractivity contribution < 1.29 is 8.42 Å². The quantitative estimate of drug-likeness (QED) is 0.545. The first kappa shape index (κ1) is 11.6. The van der Waals surface area contributed by atoms with Crippen molar-refractivity contribution in [1.29, 1.82) is 0 Å². The lowest BCUT2D eigenvalue weighted by molar-refractivity contribution is 0.399. The minimum atomic E-state index is -2.87. The molecule has 0 bridgehead atoms. The van der Waals surface area contributed by atoms with E-state index in [2.05, 4.69) is 10.5 Å². The van der Waals surface area contributed by atoms with Crippen LogP contribution in [-0.2, 0) is 16.9 Å². The van der Waals surface area contributed by atoms with Gasteiger partial charge in [-0.05, 0) is 12.3 Å². The summed E-state index contributed by atoms with van der Waals surface area (Å²) in [5.41, 5.74) is 3.63. The molecule has 7 heteroatoms. The van der Waals surface area contributed by atoms with Gasteiger partial charge in [0.05, 0.1) is 23.7 Å². The van der Waals surface area contributed by atoms with Crippen LogP contribution in [0.25, 0.3) is 0 Å². The van der Waals surface area contributed by atoms with Crippen molar-refractivity contribution in [3.8, 4) is 0 Å². The summed E-state index contributed by atoms with van der Waals surface area (Å²) in [7, 11) is -1.05. The fraction of sp³-hybridized carbons (Fsp3) is 0.667. The number of hydrazine groups is 1. The molecular weight excluding hydrogens is 228 g/mol. The third kappa shape index (κ3) is 2.26. The van der Waals surface area contributed by atoms with E-state index in [1.54, 1.807) is 10.9 Å². The molecule has 1 aromatic rings. The van der Waals surface area contributed by atoms with Crippen LogP contribution in [0.4, 0.5) is 0 Å². The van der Waals surface area contributed by atoms with Crippen molar-refractivity contribution in [2.75, 3.05) is 11.5 Å². The van der Waals surface area contributed by atoms with Crippen molar-refractivity contribution in [1.82, 2.24) is 15.2 Å². The number of nitrogens with zero attached hydrogens (tertiary/aromatic N) is 2. The van der Waals surface area contributed by atoms with Crippen molar-refractivity contribution in [2.24, 2.45) is 18.8 Å². The summed E-state index contributed by atoms with van der Waals surface area (Å²) in [5, 5.41) is 4.06. The highest BCUT2D eigenvalue weighted by molar-refractivity contribution is 7.91. The van der Waals surface area contributed by atoms with Gasteiger partial charge in [0.2, 0.25) is 0 Å². The van der Waals surface area contributed by atoms with Gasteiger partial charge in [-0.2, -0.15) is 5.10 Å². The lowest BCUT2D eigenvalue weighted by atomic mass is 9.95. The lowest BCUT2D eigenvalue weighted by Gasteiger charge is -2.19. The number of rotatable bonds is 3. The van der Waals surface area contributed by atoms with Crippen LogP contribution in [0.1, 0.15) is 18.0 Å². The summed E-state index contributed by atoms with van der Waals surface area (Å²) in [6.45, 7) is 0. The van der Waals surface area contributed by atoms with Gasteiger partial charge in [-0.3, -0.25) is 16.0 Å². The molecule has 3 N–H and O–H groups in total. The minimum Gasteiger partial charge on any atom is -0.275 e. The summed E-state index contributed by atoms with van der Waals surface area (Å²) in [4.78, 5) is 0. The minimum absolute atomic E-state index is 0.0409. The second kappa shape index (κ2) is 4.15. The monoisotopic (exact) mass is 244 g/mol. The van der Waals surface area contributed by atoms with Crippen LogP contribution in [0.5, 0.6) is 0 Å². The van der Waals surface area contributed by atoms with Crippen molar-refractivity contribution >= 4 is 9.84 Å². The Morgan fingerprint density at radius 1 is 1.69 bits per heavy atom. The molecule has 0 amide bonds. The first-order valence-corrected chi connectivity index (χ1v) is 6.99. The summed E-state index contributed by atoms with van der Waals surface area (Å²) in [5.74, 6) is 6.01. The molecule has 1 saturated heterocycles. The number of aryl methyl sites for hydroxylation is 1. The first-order chi connectivity index (χ1) is 7.52. The summed E-state index contributed by atoms with van der Waals surface area (Å²) in [6, 6.07) is -0.133. The molecule has 0 aliphatic carbocycles. The van der Waals surface area contributed by atoms with Crippen LogP contribution in [0.15, 0.2) is 12.4 Å². The predicted octanol–water partition coefficient (Wildman–Crippen LogP) is -0.641. The number of nitrogens with one attached hydrogen (secondary N) is 1. The highest BCUT2D eigenvalue weighted by Crippen LogP contribution is 2.30. The van der Waals surface area contributed by atoms with Crippen molar-refractivity contribution in [2.45, 2.75) is 12.5 Å². The van der Waals surface area contributed by atoms with E-state index < -0.39 is 9.84 Å². The van der Waals surface area contributed by atoms with Gasteiger partial charge in [-0.1, -0.05) is 0 Å². The number of hydrogen-bond acceptors (Lipinski definition) is 5. The second-order valence-electron chi connectivity index (χ2n) is 4.25. The molecule has 1 aromatic heterocycles. The predicted molar refractivity (Wildman–Crippen MR) is 60.0 cm³/mol. The van der Waals surface area contributed by atoms with E-state index in [9.17, 15) is 8.42 Å². The second-order valence-corrected chi connectivity index (χ2v) is 6.48. The molecule has 1 aliphatic heterocycles. The first-order valence-electron chi connectivity index (χ1n) is 5.17. The van der Waals surface area contributed by atoms with Gasteiger partial charge in [-0.25, -0.2) is 8.42 Å². The fourth-order valence-corrected chi connectivity index (χ4v) is 4.03. The Bertz CT molecular complexity index is 468. The van der Waals surface area contributed by atoms with E-state index in [0.29, 0.717) is 6.42 Å². The molecule has 0 radical (unpaired) electrons. The van der Waals surface area contributed by atoms with E-state index in [-0.39, 0.29) is 23.5 Å². The molecule has 2 atom stereocenters. The summed E-state index contributed by atoms with van der Waals surface area (Å²) in [6.07, 6.45) is 4.23. The van der Waals surface area contributed by atoms with Gasteiger partial charge in [0.25, 0.3) is 0 Å². The van der Waals surface area contributed by atoms with Crippen LogP contribution in [0.3, 0.4) is 0 Å².